The molecule has 0 bridgehead atoms. The van der Waals surface area contributed by atoms with Gasteiger partial charge in [0.15, 0.2) is 0 Å². The smallest absolute Gasteiger partial charge is 0.295 e. The van der Waals surface area contributed by atoms with Gasteiger partial charge in [0, 0.05) is 11.3 Å². The zero-order chi connectivity index (χ0) is 17.1. The zero-order valence-electron chi connectivity index (χ0n) is 12.3. The molecule has 2 aromatic rings. The van der Waals surface area contributed by atoms with E-state index in [9.17, 15) is 18.4 Å². The summed E-state index contributed by atoms with van der Waals surface area (Å²) in [5.74, 6) is -1.41. The minimum absolute atomic E-state index is 0.0945. The van der Waals surface area contributed by atoms with Gasteiger partial charge in [0.05, 0.1) is 11.6 Å². The lowest BCUT2D eigenvalue weighted by Gasteiger charge is -2.14. The van der Waals surface area contributed by atoms with Gasteiger partial charge in [-0.25, -0.2) is 8.78 Å². The highest BCUT2D eigenvalue weighted by Crippen LogP contribution is 2.32. The molecule has 1 saturated heterocycles. The standard InChI is InChI=1S/C17H12F2N2O2S/c18-12-5-3-6-13(9-12)20-10-21-16(22)15(24-17(21)23)8-11-4-1-2-7-14(11)19/h1-9,20H,10H2/b15-8-. The average molecular weight is 346 g/mol. The number of halogens is 2. The molecule has 0 spiro atoms. The molecule has 1 aliphatic heterocycles. The number of imide groups is 1. The summed E-state index contributed by atoms with van der Waals surface area (Å²) in [7, 11) is 0. The van der Waals surface area contributed by atoms with E-state index in [1.54, 1.807) is 18.2 Å². The Morgan fingerprint density at radius 1 is 1.08 bits per heavy atom. The first-order valence-corrected chi connectivity index (χ1v) is 7.85. The Morgan fingerprint density at radius 3 is 2.62 bits per heavy atom. The van der Waals surface area contributed by atoms with E-state index < -0.39 is 22.8 Å². The highest BCUT2D eigenvalue weighted by molar-refractivity contribution is 8.18. The number of nitrogens with one attached hydrogen (secondary N) is 1. The van der Waals surface area contributed by atoms with E-state index in [1.807, 2.05) is 0 Å². The molecular weight excluding hydrogens is 334 g/mol. The van der Waals surface area contributed by atoms with Crippen molar-refractivity contribution in [2.75, 3.05) is 12.0 Å². The fourth-order valence-electron chi connectivity index (χ4n) is 2.14. The maximum absolute atomic E-state index is 13.7. The molecule has 3 rings (SSSR count). The number of anilines is 1. The lowest BCUT2D eigenvalue weighted by Crippen LogP contribution is -2.33. The number of nitrogens with zero attached hydrogens (tertiary/aromatic N) is 1. The minimum atomic E-state index is -0.517. The average Bonchev–Trinajstić information content (AvgIpc) is 2.82. The molecule has 0 unspecified atom stereocenters. The Morgan fingerprint density at radius 2 is 1.88 bits per heavy atom. The molecule has 0 radical (unpaired) electrons. The maximum Gasteiger partial charge on any atom is 0.295 e. The van der Waals surface area contributed by atoms with Crippen molar-refractivity contribution >= 4 is 34.7 Å². The van der Waals surface area contributed by atoms with Crippen LogP contribution in [0.3, 0.4) is 0 Å². The first-order chi connectivity index (χ1) is 11.5. The molecule has 1 heterocycles. The van der Waals surface area contributed by atoms with Crippen LogP contribution < -0.4 is 5.32 Å². The Hall–Kier alpha value is -2.67. The van der Waals surface area contributed by atoms with Crippen LogP contribution in [0.25, 0.3) is 6.08 Å². The van der Waals surface area contributed by atoms with Crippen LogP contribution in [0.2, 0.25) is 0 Å². The number of thioether (sulfide) groups is 1. The molecule has 1 N–H and O–H groups in total. The van der Waals surface area contributed by atoms with E-state index in [4.69, 9.17) is 0 Å². The van der Waals surface area contributed by atoms with Gasteiger partial charge >= 0.3 is 0 Å². The molecule has 0 aliphatic carbocycles. The van der Waals surface area contributed by atoms with Crippen LogP contribution in [0.4, 0.5) is 19.3 Å². The topological polar surface area (TPSA) is 49.4 Å². The first-order valence-electron chi connectivity index (χ1n) is 7.04. The van der Waals surface area contributed by atoms with Crippen LogP contribution in [-0.2, 0) is 4.79 Å². The van der Waals surface area contributed by atoms with E-state index in [-0.39, 0.29) is 17.1 Å². The van der Waals surface area contributed by atoms with Crippen molar-refractivity contribution in [3.63, 3.8) is 0 Å². The van der Waals surface area contributed by atoms with Gasteiger partial charge in [0.25, 0.3) is 11.1 Å². The summed E-state index contributed by atoms with van der Waals surface area (Å²) in [6.45, 7) is -0.0945. The number of rotatable bonds is 4. The van der Waals surface area contributed by atoms with E-state index in [0.29, 0.717) is 5.69 Å². The lowest BCUT2D eigenvalue weighted by molar-refractivity contribution is -0.122. The van der Waals surface area contributed by atoms with Crippen molar-refractivity contribution in [3.8, 4) is 0 Å². The van der Waals surface area contributed by atoms with Crippen molar-refractivity contribution in [1.29, 1.82) is 0 Å². The van der Waals surface area contributed by atoms with Crippen LogP contribution in [0.1, 0.15) is 5.56 Å². The summed E-state index contributed by atoms with van der Waals surface area (Å²) in [6, 6.07) is 11.7. The van der Waals surface area contributed by atoms with Crippen molar-refractivity contribution in [2.45, 2.75) is 0 Å². The summed E-state index contributed by atoms with van der Waals surface area (Å²) >= 11 is 0.741. The highest BCUT2D eigenvalue weighted by Gasteiger charge is 2.34. The summed E-state index contributed by atoms with van der Waals surface area (Å²) in [4.78, 5) is 25.4. The molecule has 0 saturated carbocycles. The molecule has 2 aromatic carbocycles. The predicted molar refractivity (Wildman–Crippen MR) is 89.1 cm³/mol. The molecule has 0 aromatic heterocycles. The molecule has 122 valence electrons. The molecule has 24 heavy (non-hydrogen) atoms. The Bertz CT molecular complexity index is 839. The number of carbonyl (C=O) groups excluding carboxylic acids is 2. The molecule has 2 amide bonds. The SMILES string of the molecule is O=C1S/C(=C\c2ccccc2F)C(=O)N1CNc1cccc(F)c1. The van der Waals surface area contributed by atoms with Gasteiger partial charge in [-0.1, -0.05) is 24.3 Å². The van der Waals surface area contributed by atoms with Gasteiger partial charge in [0.2, 0.25) is 0 Å². The Balaban J connectivity index is 1.73. The fourth-order valence-corrected chi connectivity index (χ4v) is 2.97. The van der Waals surface area contributed by atoms with Gasteiger partial charge in [0.1, 0.15) is 11.6 Å². The molecule has 4 nitrogen and oxygen atoms in total. The molecule has 0 atom stereocenters. The van der Waals surface area contributed by atoms with Crippen LogP contribution in [0.15, 0.2) is 53.4 Å². The van der Waals surface area contributed by atoms with Gasteiger partial charge in [-0.2, -0.15) is 0 Å². The fraction of sp³-hybridized carbons (Fsp3) is 0.0588. The monoisotopic (exact) mass is 346 g/mol. The summed E-state index contributed by atoms with van der Waals surface area (Å²) in [6.07, 6.45) is 1.35. The third-order valence-corrected chi connectivity index (χ3v) is 4.24. The van der Waals surface area contributed by atoms with Crippen molar-refractivity contribution in [1.82, 2.24) is 4.90 Å². The number of benzene rings is 2. The molecule has 7 heteroatoms. The second-order valence-electron chi connectivity index (χ2n) is 4.98. The van der Waals surface area contributed by atoms with Crippen LogP contribution >= 0.6 is 11.8 Å². The number of amides is 2. The quantitative estimate of drug-likeness (QED) is 0.848. The molecule has 1 aliphatic rings. The van der Waals surface area contributed by atoms with Crippen LogP contribution in [0, 0.1) is 11.6 Å². The minimum Gasteiger partial charge on any atom is -0.367 e. The van der Waals surface area contributed by atoms with E-state index in [1.165, 1.54) is 36.4 Å². The largest absolute Gasteiger partial charge is 0.367 e. The van der Waals surface area contributed by atoms with Gasteiger partial charge in [-0.3, -0.25) is 14.5 Å². The summed E-state index contributed by atoms with van der Waals surface area (Å²) < 4.78 is 26.8. The second-order valence-corrected chi connectivity index (χ2v) is 5.97. The second kappa shape index (κ2) is 6.84. The maximum atomic E-state index is 13.7. The van der Waals surface area contributed by atoms with Gasteiger partial charge < -0.3 is 5.32 Å². The molecular formula is C17H12F2N2O2S. The zero-order valence-corrected chi connectivity index (χ0v) is 13.1. The predicted octanol–water partition coefficient (Wildman–Crippen LogP) is 4.07. The number of hydrogen-bond donors (Lipinski definition) is 1. The number of hydrogen-bond acceptors (Lipinski definition) is 4. The van der Waals surface area contributed by atoms with Crippen LogP contribution in [-0.4, -0.2) is 22.7 Å². The third-order valence-electron chi connectivity index (χ3n) is 3.33. The van der Waals surface area contributed by atoms with E-state index >= 15 is 0 Å². The summed E-state index contributed by atoms with van der Waals surface area (Å²) in [5.41, 5.74) is 0.688. The lowest BCUT2D eigenvalue weighted by atomic mass is 10.2. The normalized spacial score (nSPS) is 16.1. The van der Waals surface area contributed by atoms with Gasteiger partial charge in [-0.15, -0.1) is 0 Å². The van der Waals surface area contributed by atoms with Crippen molar-refractivity contribution < 1.29 is 18.4 Å². The number of carbonyl (C=O) groups is 2. The first kappa shape index (κ1) is 16.2. The van der Waals surface area contributed by atoms with E-state index in [0.717, 1.165) is 16.7 Å². The summed E-state index contributed by atoms with van der Waals surface area (Å²) in [5, 5.41) is 2.35. The molecule has 1 fully saturated rings. The Labute approximate surface area is 141 Å². The highest BCUT2D eigenvalue weighted by atomic mass is 32.2. The van der Waals surface area contributed by atoms with E-state index in [2.05, 4.69) is 5.32 Å². The Kier molecular flexibility index (Phi) is 4.61. The van der Waals surface area contributed by atoms with Crippen molar-refractivity contribution in [2.24, 2.45) is 0 Å². The van der Waals surface area contributed by atoms with Gasteiger partial charge in [-0.05, 0) is 42.1 Å². The van der Waals surface area contributed by atoms with Crippen LogP contribution in [0.5, 0.6) is 0 Å². The third kappa shape index (κ3) is 3.46. The van der Waals surface area contributed by atoms with Crippen molar-refractivity contribution in [3.05, 3.63) is 70.6 Å².